The van der Waals surface area contributed by atoms with Gasteiger partial charge in [0.15, 0.2) is 0 Å². The summed E-state index contributed by atoms with van der Waals surface area (Å²) in [6.07, 6.45) is 1.71. The predicted molar refractivity (Wildman–Crippen MR) is 66.1 cm³/mol. The van der Waals surface area contributed by atoms with Gasteiger partial charge >= 0.3 is 0 Å². The van der Waals surface area contributed by atoms with Crippen LogP contribution in [0.5, 0.6) is 0 Å². The Bertz CT molecular complexity index is 260. The zero-order valence-electron chi connectivity index (χ0n) is 9.64. The van der Waals surface area contributed by atoms with E-state index in [1.54, 1.807) is 6.26 Å². The normalized spacial score (nSPS) is 15.5. The molecule has 0 saturated carbocycles. The number of rotatable bonds is 6. The first-order valence-corrected chi connectivity index (χ1v) is 6.21. The number of hydrogen-bond donors (Lipinski definition) is 1. The highest BCUT2D eigenvalue weighted by Crippen LogP contribution is 2.31. The van der Waals surface area contributed by atoms with Crippen molar-refractivity contribution < 1.29 is 4.42 Å². The van der Waals surface area contributed by atoms with Gasteiger partial charge in [0.2, 0.25) is 0 Å². The van der Waals surface area contributed by atoms with Crippen molar-refractivity contribution >= 4 is 11.8 Å². The molecule has 0 saturated heterocycles. The van der Waals surface area contributed by atoms with Crippen molar-refractivity contribution in [1.82, 2.24) is 4.90 Å². The topological polar surface area (TPSA) is 42.4 Å². The zero-order valence-corrected chi connectivity index (χ0v) is 10.5. The summed E-state index contributed by atoms with van der Waals surface area (Å²) in [4.78, 5) is 2.17. The molecule has 15 heavy (non-hydrogen) atoms. The summed E-state index contributed by atoms with van der Waals surface area (Å²) >= 11 is 1.86. The van der Waals surface area contributed by atoms with Gasteiger partial charge in [-0.05, 0) is 33.2 Å². The maximum absolute atomic E-state index is 5.95. The third-order valence-corrected chi connectivity index (χ3v) is 3.58. The molecule has 1 heterocycles. The molecule has 0 amide bonds. The first-order valence-electron chi connectivity index (χ1n) is 5.16. The van der Waals surface area contributed by atoms with Gasteiger partial charge in [0.05, 0.1) is 11.5 Å². The lowest BCUT2D eigenvalue weighted by Gasteiger charge is -2.19. The average molecular weight is 228 g/mol. The molecule has 2 atom stereocenters. The summed E-state index contributed by atoms with van der Waals surface area (Å²) in [5, 5.41) is 0.264. The van der Waals surface area contributed by atoms with Crippen molar-refractivity contribution in [2.45, 2.75) is 18.2 Å². The van der Waals surface area contributed by atoms with E-state index in [0.717, 1.165) is 18.1 Å². The van der Waals surface area contributed by atoms with Crippen LogP contribution >= 0.6 is 11.8 Å². The summed E-state index contributed by atoms with van der Waals surface area (Å²) in [5.41, 5.74) is 5.95. The third-order valence-electron chi connectivity index (χ3n) is 2.14. The minimum Gasteiger partial charge on any atom is -0.468 e. The summed E-state index contributed by atoms with van der Waals surface area (Å²) in [6.45, 7) is 3.09. The van der Waals surface area contributed by atoms with Crippen molar-refractivity contribution in [2.75, 3.05) is 26.4 Å². The summed E-state index contributed by atoms with van der Waals surface area (Å²) < 4.78 is 5.40. The Morgan fingerprint density at radius 3 is 2.73 bits per heavy atom. The highest BCUT2D eigenvalue weighted by Gasteiger charge is 2.18. The molecule has 2 N–H and O–H groups in total. The molecular weight excluding hydrogens is 208 g/mol. The molecule has 1 aromatic rings. The SMILES string of the molecule is CC(N)C(SCCN(C)C)c1ccco1. The molecule has 1 aromatic heterocycles. The molecule has 86 valence electrons. The molecule has 0 radical (unpaired) electrons. The van der Waals surface area contributed by atoms with Gasteiger partial charge in [-0.15, -0.1) is 11.8 Å². The molecule has 0 aliphatic heterocycles. The van der Waals surface area contributed by atoms with Crippen LogP contribution in [0.1, 0.15) is 17.9 Å². The fraction of sp³-hybridized carbons (Fsp3) is 0.636. The quantitative estimate of drug-likeness (QED) is 0.808. The lowest BCUT2D eigenvalue weighted by atomic mass is 10.2. The van der Waals surface area contributed by atoms with Gasteiger partial charge in [-0.25, -0.2) is 0 Å². The Balaban J connectivity index is 2.45. The van der Waals surface area contributed by atoms with E-state index < -0.39 is 0 Å². The Labute approximate surface area is 96.0 Å². The molecule has 2 unspecified atom stereocenters. The van der Waals surface area contributed by atoms with Gasteiger partial charge in [-0.3, -0.25) is 0 Å². The van der Waals surface area contributed by atoms with Gasteiger partial charge in [0.1, 0.15) is 5.76 Å². The van der Waals surface area contributed by atoms with Crippen LogP contribution in [-0.4, -0.2) is 37.3 Å². The third kappa shape index (κ3) is 4.28. The minimum atomic E-state index is 0.114. The highest BCUT2D eigenvalue weighted by atomic mass is 32.2. The zero-order chi connectivity index (χ0) is 11.3. The molecule has 0 bridgehead atoms. The second-order valence-electron chi connectivity index (χ2n) is 3.97. The average Bonchev–Trinajstić information content (AvgIpc) is 2.63. The van der Waals surface area contributed by atoms with Crippen LogP contribution in [0.3, 0.4) is 0 Å². The first-order chi connectivity index (χ1) is 7.11. The van der Waals surface area contributed by atoms with E-state index >= 15 is 0 Å². The molecule has 0 aromatic carbocycles. The lowest BCUT2D eigenvalue weighted by molar-refractivity contribution is 0.436. The Morgan fingerprint density at radius 2 is 2.27 bits per heavy atom. The second kappa shape index (κ2) is 6.20. The van der Waals surface area contributed by atoms with Gasteiger partial charge in [0.25, 0.3) is 0 Å². The maximum atomic E-state index is 5.95. The minimum absolute atomic E-state index is 0.114. The Hall–Kier alpha value is -0.450. The van der Waals surface area contributed by atoms with E-state index in [9.17, 15) is 0 Å². The number of hydrogen-bond acceptors (Lipinski definition) is 4. The van der Waals surface area contributed by atoms with E-state index in [-0.39, 0.29) is 11.3 Å². The number of thioether (sulfide) groups is 1. The number of nitrogens with two attached hydrogens (primary N) is 1. The fourth-order valence-electron chi connectivity index (χ4n) is 1.31. The molecule has 0 aliphatic carbocycles. The van der Waals surface area contributed by atoms with Crippen molar-refractivity contribution in [2.24, 2.45) is 5.73 Å². The van der Waals surface area contributed by atoms with Crippen molar-refractivity contribution in [3.05, 3.63) is 24.2 Å². The molecule has 3 nitrogen and oxygen atoms in total. The molecule has 1 rings (SSSR count). The van der Waals surface area contributed by atoms with Gasteiger partial charge in [-0.1, -0.05) is 0 Å². The predicted octanol–water partition coefficient (Wildman–Crippen LogP) is 1.96. The van der Waals surface area contributed by atoms with E-state index in [4.69, 9.17) is 10.2 Å². The maximum Gasteiger partial charge on any atom is 0.118 e. The lowest BCUT2D eigenvalue weighted by Crippen LogP contribution is -2.24. The van der Waals surface area contributed by atoms with Gasteiger partial charge < -0.3 is 15.1 Å². The monoisotopic (exact) mass is 228 g/mol. The van der Waals surface area contributed by atoms with Crippen molar-refractivity contribution in [3.63, 3.8) is 0 Å². The molecule has 4 heteroatoms. The standard InChI is InChI=1S/C11H20N2OS/c1-9(12)11(10-5-4-7-14-10)15-8-6-13(2)3/h4-5,7,9,11H,6,8,12H2,1-3H3. The van der Waals surface area contributed by atoms with E-state index in [0.29, 0.717) is 0 Å². The van der Waals surface area contributed by atoms with E-state index in [2.05, 4.69) is 19.0 Å². The summed E-state index contributed by atoms with van der Waals surface area (Å²) in [7, 11) is 4.16. The molecule has 0 fully saturated rings. The number of furan rings is 1. The van der Waals surface area contributed by atoms with E-state index in [1.165, 1.54) is 0 Å². The molecular formula is C11H20N2OS. The van der Waals surface area contributed by atoms with Crippen LogP contribution in [-0.2, 0) is 0 Å². The molecule has 0 aliphatic rings. The Kier molecular flexibility index (Phi) is 5.22. The van der Waals surface area contributed by atoms with Gasteiger partial charge in [0, 0.05) is 18.3 Å². The van der Waals surface area contributed by atoms with Crippen molar-refractivity contribution in [3.8, 4) is 0 Å². The van der Waals surface area contributed by atoms with Crippen LogP contribution in [0.4, 0.5) is 0 Å². The molecule has 0 spiro atoms. The van der Waals surface area contributed by atoms with Crippen LogP contribution in [0.2, 0.25) is 0 Å². The largest absolute Gasteiger partial charge is 0.468 e. The smallest absolute Gasteiger partial charge is 0.118 e. The van der Waals surface area contributed by atoms with Crippen LogP contribution in [0, 0.1) is 0 Å². The van der Waals surface area contributed by atoms with Gasteiger partial charge in [-0.2, -0.15) is 0 Å². The second-order valence-corrected chi connectivity index (χ2v) is 5.22. The first kappa shape index (κ1) is 12.6. The van der Waals surface area contributed by atoms with E-state index in [1.807, 2.05) is 30.8 Å². The summed E-state index contributed by atoms with van der Waals surface area (Å²) in [6, 6.07) is 4.02. The number of nitrogens with zero attached hydrogens (tertiary/aromatic N) is 1. The summed E-state index contributed by atoms with van der Waals surface area (Å²) in [5.74, 6) is 2.05. The fourth-order valence-corrected chi connectivity index (χ4v) is 2.63. The van der Waals surface area contributed by atoms with Crippen LogP contribution in [0.25, 0.3) is 0 Å². The van der Waals surface area contributed by atoms with Crippen LogP contribution in [0.15, 0.2) is 22.8 Å². The Morgan fingerprint density at radius 1 is 1.53 bits per heavy atom. The highest BCUT2D eigenvalue weighted by molar-refractivity contribution is 7.99. The van der Waals surface area contributed by atoms with Crippen LogP contribution < -0.4 is 5.73 Å². The van der Waals surface area contributed by atoms with Crippen molar-refractivity contribution in [1.29, 1.82) is 0 Å².